The molecule has 0 aliphatic heterocycles. The summed E-state index contributed by atoms with van der Waals surface area (Å²) in [6.45, 7) is 8.48. The third-order valence-corrected chi connectivity index (χ3v) is 8.53. The van der Waals surface area contributed by atoms with Crippen LogP contribution >= 0.6 is 0 Å². The zero-order valence-corrected chi connectivity index (χ0v) is 15.3. The number of hydrogen-bond donors (Lipinski definition) is 2. The number of aliphatic hydroxyl groups is 1. The lowest BCUT2D eigenvalue weighted by Crippen LogP contribution is -2.53. The molecule has 0 spiro atoms. The molecule has 4 aliphatic rings. The van der Waals surface area contributed by atoms with Gasteiger partial charge in [0.15, 0.2) is 0 Å². The first-order valence-electron chi connectivity index (χ1n) is 10.1. The zero-order valence-electron chi connectivity index (χ0n) is 15.3. The van der Waals surface area contributed by atoms with E-state index in [0.29, 0.717) is 10.8 Å². The molecule has 0 saturated heterocycles. The summed E-state index contributed by atoms with van der Waals surface area (Å²) in [4.78, 5) is 0. The van der Waals surface area contributed by atoms with E-state index in [1.165, 1.54) is 38.5 Å². The van der Waals surface area contributed by atoms with E-state index in [2.05, 4.69) is 32.2 Å². The fourth-order valence-electron chi connectivity index (χ4n) is 7.22. The van der Waals surface area contributed by atoms with E-state index in [0.717, 1.165) is 43.2 Å². The summed E-state index contributed by atoms with van der Waals surface area (Å²) in [7, 11) is 0. The van der Waals surface area contributed by atoms with Gasteiger partial charge in [0.1, 0.15) is 0 Å². The monoisotopic (exact) mass is 317 g/mol. The Morgan fingerprint density at radius 1 is 1.13 bits per heavy atom. The summed E-state index contributed by atoms with van der Waals surface area (Å²) >= 11 is 0. The molecule has 23 heavy (non-hydrogen) atoms. The van der Waals surface area contributed by atoms with Crippen LogP contribution in [-0.2, 0) is 0 Å². The molecule has 0 heterocycles. The molecule has 0 unspecified atom stereocenters. The molecule has 3 saturated carbocycles. The Balaban J connectivity index is 1.62. The van der Waals surface area contributed by atoms with Gasteiger partial charge in [0.2, 0.25) is 0 Å². The average molecular weight is 318 g/mol. The van der Waals surface area contributed by atoms with E-state index in [-0.39, 0.29) is 6.10 Å². The third kappa shape index (κ3) is 2.28. The maximum atomic E-state index is 10.1. The maximum absolute atomic E-state index is 10.1. The lowest BCUT2D eigenvalue weighted by molar-refractivity contribution is -0.0431. The predicted molar refractivity (Wildman–Crippen MR) is 95.2 cm³/mol. The second kappa shape index (κ2) is 5.59. The first-order chi connectivity index (χ1) is 11.0. The summed E-state index contributed by atoms with van der Waals surface area (Å²) in [6.07, 6.45) is 12.5. The number of hydrogen-bond acceptors (Lipinski definition) is 2. The highest BCUT2D eigenvalue weighted by Gasteiger charge is 2.58. The highest BCUT2D eigenvalue weighted by molar-refractivity contribution is 5.25. The Labute approximate surface area is 142 Å². The fourth-order valence-corrected chi connectivity index (χ4v) is 7.22. The van der Waals surface area contributed by atoms with Crippen LogP contribution in [0.4, 0.5) is 0 Å². The van der Waals surface area contributed by atoms with Crippen LogP contribution in [0, 0.1) is 28.6 Å². The maximum Gasteiger partial charge on any atom is 0.0577 e. The van der Waals surface area contributed by atoms with Crippen molar-refractivity contribution in [3.8, 4) is 0 Å². The SMILES string of the molecule is CCN[C@@H]1CC[C@H]2[C@@H]3CC=C4C[C@H](O)CC[C@]4(C)[C@H]3CC[C@]12C. The molecule has 2 N–H and O–H groups in total. The van der Waals surface area contributed by atoms with Crippen molar-refractivity contribution in [3.05, 3.63) is 11.6 Å². The Morgan fingerprint density at radius 2 is 1.96 bits per heavy atom. The average Bonchev–Trinajstić information content (AvgIpc) is 2.85. The molecule has 4 aliphatic carbocycles. The highest BCUT2D eigenvalue weighted by Crippen LogP contribution is 2.64. The minimum atomic E-state index is -0.0793. The molecule has 0 aromatic heterocycles. The van der Waals surface area contributed by atoms with Crippen LogP contribution in [0.5, 0.6) is 0 Å². The molecule has 2 nitrogen and oxygen atoms in total. The van der Waals surface area contributed by atoms with E-state index in [4.69, 9.17) is 0 Å². The number of nitrogens with one attached hydrogen (secondary N) is 1. The van der Waals surface area contributed by atoms with Gasteiger partial charge in [0.25, 0.3) is 0 Å². The van der Waals surface area contributed by atoms with Crippen molar-refractivity contribution in [3.63, 3.8) is 0 Å². The molecular weight excluding hydrogens is 282 g/mol. The van der Waals surface area contributed by atoms with Gasteiger partial charge in [-0.05, 0) is 86.5 Å². The highest BCUT2D eigenvalue weighted by atomic mass is 16.3. The van der Waals surface area contributed by atoms with Gasteiger partial charge in [-0.2, -0.15) is 0 Å². The van der Waals surface area contributed by atoms with Crippen LogP contribution in [0.3, 0.4) is 0 Å². The first kappa shape index (κ1) is 16.1. The van der Waals surface area contributed by atoms with Crippen LogP contribution in [0.2, 0.25) is 0 Å². The summed E-state index contributed by atoms with van der Waals surface area (Å²) in [5.41, 5.74) is 2.51. The van der Waals surface area contributed by atoms with Crippen molar-refractivity contribution in [2.24, 2.45) is 28.6 Å². The number of fused-ring (bicyclic) bond motifs is 5. The molecule has 0 radical (unpaired) electrons. The minimum absolute atomic E-state index is 0.0793. The number of rotatable bonds is 2. The molecule has 0 bridgehead atoms. The van der Waals surface area contributed by atoms with Gasteiger partial charge < -0.3 is 10.4 Å². The van der Waals surface area contributed by atoms with Gasteiger partial charge in [-0.1, -0.05) is 32.4 Å². The largest absolute Gasteiger partial charge is 0.393 e. The smallest absolute Gasteiger partial charge is 0.0577 e. The standard InChI is InChI=1S/C21H35NO/c1-4-22-19-8-7-17-16-6-5-14-13-15(23)9-11-20(14,2)18(16)10-12-21(17,19)3/h5,15-19,22-23H,4,6-13H2,1-3H3/t15-,16+,17+,18+,19-,20+,21+/m1/s1. The Morgan fingerprint density at radius 3 is 2.74 bits per heavy atom. The Kier molecular flexibility index (Phi) is 3.93. The molecule has 2 heteroatoms. The lowest BCUT2D eigenvalue weighted by atomic mass is 9.48. The zero-order chi connectivity index (χ0) is 16.2. The lowest BCUT2D eigenvalue weighted by Gasteiger charge is -2.58. The molecule has 3 fully saturated rings. The first-order valence-corrected chi connectivity index (χ1v) is 10.1. The molecule has 130 valence electrons. The summed E-state index contributed by atoms with van der Waals surface area (Å²) < 4.78 is 0. The van der Waals surface area contributed by atoms with Crippen LogP contribution in [0.15, 0.2) is 11.6 Å². The molecule has 7 atom stereocenters. The molecule has 0 amide bonds. The number of aliphatic hydroxyl groups excluding tert-OH is 1. The van der Waals surface area contributed by atoms with Crippen LogP contribution < -0.4 is 5.32 Å². The van der Waals surface area contributed by atoms with Gasteiger partial charge in [-0.15, -0.1) is 0 Å². The molecule has 0 aromatic rings. The Hall–Kier alpha value is -0.340. The van der Waals surface area contributed by atoms with E-state index in [9.17, 15) is 5.11 Å². The van der Waals surface area contributed by atoms with Crippen molar-refractivity contribution < 1.29 is 5.11 Å². The summed E-state index contributed by atoms with van der Waals surface area (Å²) in [6, 6.07) is 0.741. The van der Waals surface area contributed by atoms with Crippen LogP contribution in [0.25, 0.3) is 0 Å². The predicted octanol–water partition coefficient (Wildman–Crippen LogP) is 4.29. The Bertz CT molecular complexity index is 500. The second-order valence-corrected chi connectivity index (χ2v) is 9.39. The van der Waals surface area contributed by atoms with Crippen molar-refractivity contribution in [1.29, 1.82) is 0 Å². The summed E-state index contributed by atoms with van der Waals surface area (Å²) in [5.74, 6) is 2.67. The molecule has 0 aromatic carbocycles. The van der Waals surface area contributed by atoms with E-state index < -0.39 is 0 Å². The topological polar surface area (TPSA) is 32.3 Å². The van der Waals surface area contributed by atoms with Crippen molar-refractivity contribution in [1.82, 2.24) is 5.32 Å². The van der Waals surface area contributed by atoms with Gasteiger partial charge in [0, 0.05) is 6.04 Å². The normalized spacial score (nSPS) is 52.3. The second-order valence-electron chi connectivity index (χ2n) is 9.39. The van der Waals surface area contributed by atoms with Crippen LogP contribution in [-0.4, -0.2) is 23.8 Å². The van der Waals surface area contributed by atoms with Gasteiger partial charge in [-0.25, -0.2) is 0 Å². The minimum Gasteiger partial charge on any atom is -0.393 e. The van der Waals surface area contributed by atoms with E-state index in [1.54, 1.807) is 5.57 Å². The molecular formula is C21H35NO. The van der Waals surface area contributed by atoms with Crippen molar-refractivity contribution in [2.75, 3.05) is 6.54 Å². The quantitative estimate of drug-likeness (QED) is 0.745. The van der Waals surface area contributed by atoms with Gasteiger partial charge >= 0.3 is 0 Å². The molecule has 4 rings (SSSR count). The summed E-state index contributed by atoms with van der Waals surface area (Å²) in [5, 5.41) is 13.9. The fraction of sp³-hybridized carbons (Fsp3) is 0.905. The number of allylic oxidation sites excluding steroid dienone is 1. The van der Waals surface area contributed by atoms with Crippen molar-refractivity contribution in [2.45, 2.75) is 84.3 Å². The van der Waals surface area contributed by atoms with E-state index >= 15 is 0 Å². The van der Waals surface area contributed by atoms with Crippen LogP contribution in [0.1, 0.15) is 72.1 Å². The van der Waals surface area contributed by atoms with Gasteiger partial charge in [0.05, 0.1) is 6.10 Å². The van der Waals surface area contributed by atoms with Crippen molar-refractivity contribution >= 4 is 0 Å². The van der Waals surface area contributed by atoms with E-state index in [1.807, 2.05) is 0 Å². The third-order valence-electron chi connectivity index (χ3n) is 8.53. The van der Waals surface area contributed by atoms with Gasteiger partial charge in [-0.3, -0.25) is 0 Å².